The van der Waals surface area contributed by atoms with Gasteiger partial charge < -0.3 is 29.6 Å². The number of aromatic nitrogens is 2. The second-order valence-corrected chi connectivity index (χ2v) is 6.44. The van der Waals surface area contributed by atoms with Crippen molar-refractivity contribution in [2.45, 2.75) is 37.4 Å². The summed E-state index contributed by atoms with van der Waals surface area (Å²) in [6.45, 7) is -0.247. The number of anilines is 1. The van der Waals surface area contributed by atoms with Crippen LogP contribution in [0.15, 0.2) is 17.1 Å². The monoisotopic (exact) mass is 371 g/mol. The molecule has 1 aliphatic heterocycles. The molecule has 1 aromatic rings. The third kappa shape index (κ3) is 3.44. The Kier molecular flexibility index (Phi) is 5.25. The third-order valence-corrected chi connectivity index (χ3v) is 4.58. The minimum atomic E-state index is -1.40. The van der Waals surface area contributed by atoms with E-state index < -0.39 is 48.2 Å². The van der Waals surface area contributed by atoms with Crippen LogP contribution in [0.5, 0.6) is 0 Å². The van der Waals surface area contributed by atoms with Crippen LogP contribution >= 0.6 is 0 Å². The zero-order chi connectivity index (χ0) is 18.9. The van der Waals surface area contributed by atoms with Crippen molar-refractivity contribution in [2.75, 3.05) is 25.8 Å². The quantitative estimate of drug-likeness (QED) is 0.402. The van der Waals surface area contributed by atoms with Gasteiger partial charge in [-0.25, -0.2) is 15.1 Å². The lowest BCUT2D eigenvalue weighted by molar-refractivity contribution is -0.149. The molecule has 0 bridgehead atoms. The number of aliphatic hydroxyl groups excluding tert-OH is 3. The van der Waals surface area contributed by atoms with E-state index >= 15 is 0 Å². The fraction of sp³-hybridized carbons (Fsp3) is 0.667. The number of carbonyl (C=O) groups is 1. The van der Waals surface area contributed by atoms with Crippen LogP contribution < -0.4 is 11.2 Å². The first kappa shape index (κ1) is 18.7. The molecule has 0 radical (unpaired) electrons. The average Bonchev–Trinajstić information content (AvgIpc) is 3.36. The molecule has 3 rings (SSSR count). The van der Waals surface area contributed by atoms with Crippen molar-refractivity contribution in [3.05, 3.63) is 22.7 Å². The van der Waals surface area contributed by atoms with Crippen molar-refractivity contribution in [1.29, 1.82) is 0 Å². The van der Waals surface area contributed by atoms with Gasteiger partial charge in [0.05, 0.1) is 18.6 Å². The van der Waals surface area contributed by atoms with Gasteiger partial charge >= 0.3 is 11.7 Å². The number of carbonyl (C=O) groups excluding carboxylic acids is 1. The molecule has 2 aliphatic rings. The van der Waals surface area contributed by atoms with Gasteiger partial charge in [0, 0.05) is 19.4 Å². The zero-order valence-electron chi connectivity index (χ0n) is 14.1. The van der Waals surface area contributed by atoms with Crippen LogP contribution in [0.1, 0.15) is 19.1 Å². The topological polar surface area (TPSA) is 152 Å². The molecule has 1 aliphatic carbocycles. The van der Waals surface area contributed by atoms with E-state index in [2.05, 4.69) is 10.5 Å². The molecule has 1 saturated carbocycles. The summed E-state index contributed by atoms with van der Waals surface area (Å²) < 4.78 is 11.2. The Balaban J connectivity index is 1.65. The molecule has 0 aromatic carbocycles. The van der Waals surface area contributed by atoms with Crippen LogP contribution in [0.2, 0.25) is 0 Å². The number of ether oxygens (including phenoxy) is 2. The van der Waals surface area contributed by atoms with Crippen LogP contribution in [-0.4, -0.2) is 69.5 Å². The highest BCUT2D eigenvalue weighted by Crippen LogP contribution is 2.46. The Bertz CT molecular complexity index is 719. The number of aliphatic hydroxyl groups is 3. The predicted molar refractivity (Wildman–Crippen MR) is 84.8 cm³/mol. The molecule has 1 saturated heterocycles. The van der Waals surface area contributed by atoms with Crippen LogP contribution in [-0.2, 0) is 19.1 Å². The maximum Gasteiger partial charge on any atom is 0.351 e. The second kappa shape index (κ2) is 7.29. The molecule has 1 aromatic heterocycles. The van der Waals surface area contributed by atoms with Crippen LogP contribution in [0.4, 0.5) is 5.82 Å². The molecule has 2 fully saturated rings. The number of hydrogen-bond acceptors (Lipinski definition) is 10. The number of nitrogens with zero attached hydrogens (tertiary/aromatic N) is 2. The van der Waals surface area contributed by atoms with Gasteiger partial charge in [-0.05, 0) is 12.8 Å². The Morgan fingerprint density at radius 2 is 2.19 bits per heavy atom. The molecule has 4 atom stereocenters. The lowest BCUT2D eigenvalue weighted by Gasteiger charge is -2.17. The highest BCUT2D eigenvalue weighted by atomic mass is 16.7. The summed E-state index contributed by atoms with van der Waals surface area (Å²) in [5, 5.41) is 28.8. The predicted octanol–water partition coefficient (Wildman–Crippen LogP) is -1.85. The van der Waals surface area contributed by atoms with E-state index in [4.69, 9.17) is 19.4 Å². The van der Waals surface area contributed by atoms with Crippen LogP contribution in [0.3, 0.4) is 0 Å². The Labute approximate surface area is 148 Å². The van der Waals surface area contributed by atoms with Gasteiger partial charge in [0.2, 0.25) is 0 Å². The zero-order valence-corrected chi connectivity index (χ0v) is 14.1. The van der Waals surface area contributed by atoms with E-state index in [-0.39, 0.29) is 12.4 Å². The third-order valence-electron chi connectivity index (χ3n) is 4.58. The lowest BCUT2D eigenvalue weighted by atomic mass is 10.1. The van der Waals surface area contributed by atoms with Gasteiger partial charge in [-0.15, -0.1) is 0 Å². The SMILES string of the molecule is COCC1(C(=O)ONc2ccn([C@@H]3O[C@H](CO)[C@@H](O)[C@H]3O)c(=O)n2)CC1. The summed E-state index contributed by atoms with van der Waals surface area (Å²) in [7, 11) is 1.50. The van der Waals surface area contributed by atoms with Crippen LogP contribution in [0.25, 0.3) is 0 Å². The van der Waals surface area contributed by atoms with E-state index in [1.54, 1.807) is 0 Å². The van der Waals surface area contributed by atoms with E-state index in [0.717, 1.165) is 4.57 Å². The molecule has 0 amide bonds. The maximum absolute atomic E-state index is 12.1. The lowest BCUT2D eigenvalue weighted by Crippen LogP contribution is -2.36. The number of hydrogen-bond donors (Lipinski definition) is 4. The van der Waals surface area contributed by atoms with Crippen molar-refractivity contribution in [1.82, 2.24) is 9.55 Å². The maximum atomic E-state index is 12.1. The number of nitrogens with one attached hydrogen (secondary N) is 1. The average molecular weight is 371 g/mol. The summed E-state index contributed by atoms with van der Waals surface area (Å²) in [5.74, 6) is -0.492. The van der Waals surface area contributed by atoms with Gasteiger partial charge in [0.1, 0.15) is 18.3 Å². The summed E-state index contributed by atoms with van der Waals surface area (Å²) >= 11 is 0. The van der Waals surface area contributed by atoms with E-state index in [1.165, 1.54) is 19.4 Å². The molecule has 0 unspecified atom stereocenters. The van der Waals surface area contributed by atoms with Gasteiger partial charge in [-0.3, -0.25) is 4.57 Å². The molecular formula is C15H21N3O8. The van der Waals surface area contributed by atoms with Crippen molar-refractivity contribution < 1.29 is 34.4 Å². The minimum absolute atomic E-state index is 0.000407. The Morgan fingerprint density at radius 1 is 1.46 bits per heavy atom. The molecule has 144 valence electrons. The van der Waals surface area contributed by atoms with Gasteiger partial charge in [-0.2, -0.15) is 4.98 Å². The highest BCUT2D eigenvalue weighted by Gasteiger charge is 2.52. The van der Waals surface area contributed by atoms with E-state index in [1.807, 2.05) is 0 Å². The molecule has 26 heavy (non-hydrogen) atoms. The van der Waals surface area contributed by atoms with Crippen molar-refractivity contribution in [2.24, 2.45) is 5.41 Å². The van der Waals surface area contributed by atoms with Crippen molar-refractivity contribution >= 4 is 11.8 Å². The minimum Gasteiger partial charge on any atom is -0.394 e. The molecule has 4 N–H and O–H groups in total. The van der Waals surface area contributed by atoms with Gasteiger partial charge in [0.25, 0.3) is 0 Å². The largest absolute Gasteiger partial charge is 0.394 e. The fourth-order valence-corrected chi connectivity index (χ4v) is 2.81. The van der Waals surface area contributed by atoms with E-state index in [9.17, 15) is 19.8 Å². The second-order valence-electron chi connectivity index (χ2n) is 6.44. The van der Waals surface area contributed by atoms with Gasteiger partial charge in [0.15, 0.2) is 12.0 Å². The van der Waals surface area contributed by atoms with Crippen LogP contribution in [0, 0.1) is 5.41 Å². The summed E-state index contributed by atoms with van der Waals surface area (Å²) in [6.07, 6.45) is -2.30. The first-order valence-corrected chi connectivity index (χ1v) is 8.10. The first-order chi connectivity index (χ1) is 12.4. The number of methoxy groups -OCH3 is 1. The molecular weight excluding hydrogens is 350 g/mol. The molecule has 0 spiro atoms. The molecule has 11 nitrogen and oxygen atoms in total. The molecule has 11 heteroatoms. The Hall–Kier alpha value is -2.05. The smallest absolute Gasteiger partial charge is 0.351 e. The summed E-state index contributed by atoms with van der Waals surface area (Å²) in [6, 6.07) is 1.35. The van der Waals surface area contributed by atoms with Crippen molar-refractivity contribution in [3.63, 3.8) is 0 Å². The fourth-order valence-electron chi connectivity index (χ4n) is 2.81. The number of rotatable bonds is 7. The Morgan fingerprint density at radius 3 is 2.73 bits per heavy atom. The summed E-state index contributed by atoms with van der Waals surface area (Å²) in [4.78, 5) is 32.8. The first-order valence-electron chi connectivity index (χ1n) is 8.10. The summed E-state index contributed by atoms with van der Waals surface area (Å²) in [5.41, 5.74) is 0.888. The van der Waals surface area contributed by atoms with E-state index in [0.29, 0.717) is 12.8 Å². The molecule has 2 heterocycles. The highest BCUT2D eigenvalue weighted by molar-refractivity contribution is 5.80. The van der Waals surface area contributed by atoms with Crippen molar-refractivity contribution in [3.8, 4) is 0 Å². The standard InChI is InChI=1S/C15H21N3O8/c1-24-7-15(3-4-15)13(22)26-17-9-2-5-18(14(23)16-9)12-11(21)10(20)8(6-19)25-12/h2,5,8,10-12,19-21H,3-4,6-7H2,1H3,(H,16,17,23)/t8-,10-,11-,12-/m1/s1. The normalized spacial score (nSPS) is 29.4. The van der Waals surface area contributed by atoms with Gasteiger partial charge in [-0.1, -0.05) is 0 Å².